The van der Waals surface area contributed by atoms with Gasteiger partial charge in [0.15, 0.2) is 0 Å². The first kappa shape index (κ1) is 27.8. The summed E-state index contributed by atoms with van der Waals surface area (Å²) >= 11 is 0. The molecule has 6 aromatic carbocycles. The van der Waals surface area contributed by atoms with Gasteiger partial charge >= 0.3 is 26.2 Å². The summed E-state index contributed by atoms with van der Waals surface area (Å²) in [5.74, 6) is 0. The molecule has 0 heterocycles. The fraction of sp³-hybridized carbons (Fsp3) is 0.118. The van der Waals surface area contributed by atoms with E-state index < -0.39 is 0 Å². The molecular formula is C34H32SiZr. The summed E-state index contributed by atoms with van der Waals surface area (Å²) in [7, 11) is 1.08. The van der Waals surface area contributed by atoms with E-state index in [0.717, 1.165) is 9.52 Å². The van der Waals surface area contributed by atoms with Crippen LogP contribution in [0, 0.1) is 13.8 Å². The van der Waals surface area contributed by atoms with Crippen LogP contribution in [0.3, 0.4) is 0 Å². The van der Waals surface area contributed by atoms with E-state index in [9.17, 15) is 0 Å². The van der Waals surface area contributed by atoms with Gasteiger partial charge in [-0.3, -0.25) is 0 Å². The molecule has 6 rings (SSSR count). The summed E-state index contributed by atoms with van der Waals surface area (Å²) in [6.07, 6.45) is 0. The van der Waals surface area contributed by atoms with E-state index in [-0.39, 0.29) is 26.2 Å². The summed E-state index contributed by atoms with van der Waals surface area (Å²) in [5.41, 5.74) is 7.81. The van der Waals surface area contributed by atoms with Crippen molar-refractivity contribution in [3.05, 3.63) is 132 Å². The molecule has 36 heavy (non-hydrogen) atoms. The Hall–Kier alpha value is -2.80. The van der Waals surface area contributed by atoms with Crippen molar-refractivity contribution in [2.75, 3.05) is 0 Å². The molecule has 0 bridgehead atoms. The van der Waals surface area contributed by atoms with Gasteiger partial charge in [0.2, 0.25) is 0 Å². The first-order chi connectivity index (χ1) is 17.1. The van der Waals surface area contributed by atoms with Crippen LogP contribution in [0.4, 0.5) is 0 Å². The molecule has 0 atom stereocenters. The average molecular weight is 560 g/mol. The van der Waals surface area contributed by atoms with Crippen LogP contribution in [0.2, 0.25) is 13.1 Å². The maximum atomic E-state index is 2.26. The number of hydrogen-bond acceptors (Lipinski definition) is 0. The van der Waals surface area contributed by atoms with E-state index in [0.29, 0.717) is 0 Å². The summed E-state index contributed by atoms with van der Waals surface area (Å²) in [6.45, 7) is 8.59. The predicted octanol–water partition coefficient (Wildman–Crippen LogP) is 9.85. The molecule has 0 spiro atoms. The molecule has 2 radical (unpaired) electrons. The zero-order chi connectivity index (χ0) is 24.6. The SMILES string of the molecule is C[Si]C.Cc1cc2cc(-c3ccccc3)ccc2[cH-]1.Cc1cc2cc(-c3ccccc3)ccc2[cH-]1.[Zr+2]. The molecule has 0 aliphatic heterocycles. The van der Waals surface area contributed by atoms with Crippen LogP contribution in [0.15, 0.2) is 121 Å². The average Bonchev–Trinajstić information content (AvgIpc) is 3.45. The maximum absolute atomic E-state index is 2.26. The van der Waals surface area contributed by atoms with Gasteiger partial charge in [0, 0.05) is 9.52 Å². The number of aryl methyl sites for hydroxylation is 2. The summed E-state index contributed by atoms with van der Waals surface area (Å²) in [4.78, 5) is 0. The maximum Gasteiger partial charge on any atom is 2.00 e. The second-order valence-corrected chi connectivity index (χ2v) is 9.98. The third-order valence-corrected chi connectivity index (χ3v) is 5.92. The van der Waals surface area contributed by atoms with Crippen molar-refractivity contribution in [1.29, 1.82) is 0 Å². The smallest absolute Gasteiger partial charge is 0.165 e. The Bertz CT molecular complexity index is 1370. The molecule has 0 aliphatic rings. The number of benzene rings is 4. The number of rotatable bonds is 2. The quantitative estimate of drug-likeness (QED) is 0.146. The standard InChI is InChI=1S/2C16H13.C2H6Si.Zr/c2*1-12-9-14-7-8-15(11-16(14)10-12)13-5-3-2-4-6-13;1-3-2;/h2*2-11H,1H3;1-2H3;/q2*-1;;+2. The third-order valence-electron chi connectivity index (χ3n) is 5.92. The van der Waals surface area contributed by atoms with Gasteiger partial charge in [-0.25, -0.2) is 0 Å². The second kappa shape index (κ2) is 13.5. The number of fused-ring (bicyclic) bond motifs is 2. The van der Waals surface area contributed by atoms with Gasteiger partial charge in [0.1, 0.15) is 0 Å². The van der Waals surface area contributed by atoms with Gasteiger partial charge in [-0.15, -0.1) is 56.9 Å². The molecule has 0 saturated carbocycles. The molecule has 6 aromatic rings. The summed E-state index contributed by atoms with van der Waals surface area (Å²) < 4.78 is 0. The first-order valence-corrected chi connectivity index (χ1v) is 14.1. The van der Waals surface area contributed by atoms with Gasteiger partial charge in [0.25, 0.3) is 0 Å². The first-order valence-electron chi connectivity index (χ1n) is 12.1. The monoisotopic (exact) mass is 558 g/mol. The molecule has 0 aromatic heterocycles. The second-order valence-electron chi connectivity index (χ2n) is 8.98. The van der Waals surface area contributed by atoms with E-state index >= 15 is 0 Å². The van der Waals surface area contributed by atoms with Gasteiger partial charge in [0.05, 0.1) is 0 Å². The Morgan fingerprint density at radius 3 is 1.19 bits per heavy atom. The molecule has 0 amide bonds. The topological polar surface area (TPSA) is 0 Å². The minimum absolute atomic E-state index is 0. The Morgan fingerprint density at radius 2 is 0.833 bits per heavy atom. The van der Waals surface area contributed by atoms with Crippen molar-refractivity contribution in [2.45, 2.75) is 26.9 Å². The van der Waals surface area contributed by atoms with Crippen LogP contribution < -0.4 is 0 Å². The van der Waals surface area contributed by atoms with E-state index in [4.69, 9.17) is 0 Å². The Labute approximate surface area is 237 Å². The van der Waals surface area contributed by atoms with E-state index in [1.54, 1.807) is 0 Å². The van der Waals surface area contributed by atoms with Crippen molar-refractivity contribution in [2.24, 2.45) is 0 Å². The van der Waals surface area contributed by atoms with Gasteiger partial charge in [-0.05, 0) is 22.3 Å². The van der Waals surface area contributed by atoms with Gasteiger partial charge in [-0.1, -0.05) is 112 Å². The molecule has 0 nitrogen and oxygen atoms in total. The molecule has 2 heteroatoms. The van der Waals surface area contributed by atoms with Crippen LogP contribution >= 0.6 is 0 Å². The number of hydrogen-bond donors (Lipinski definition) is 0. The fourth-order valence-electron chi connectivity index (χ4n) is 4.35. The van der Waals surface area contributed by atoms with Crippen LogP contribution in [0.5, 0.6) is 0 Å². The normalized spacial score (nSPS) is 10.1. The largest absolute Gasteiger partial charge is 2.00 e. The van der Waals surface area contributed by atoms with Gasteiger partial charge in [-0.2, -0.15) is 12.1 Å². The third kappa shape index (κ3) is 7.12. The van der Waals surface area contributed by atoms with E-state index in [1.165, 1.54) is 54.9 Å². The van der Waals surface area contributed by atoms with Crippen LogP contribution in [-0.2, 0) is 26.2 Å². The molecule has 0 fully saturated rings. The van der Waals surface area contributed by atoms with Crippen molar-refractivity contribution in [3.63, 3.8) is 0 Å². The van der Waals surface area contributed by atoms with Crippen molar-refractivity contribution in [1.82, 2.24) is 0 Å². The molecule has 176 valence electrons. The molecule has 0 unspecified atom stereocenters. The Kier molecular flexibility index (Phi) is 10.4. The van der Waals surface area contributed by atoms with E-state index in [2.05, 4.69) is 148 Å². The Balaban J connectivity index is 0.000000177. The summed E-state index contributed by atoms with van der Waals surface area (Å²) in [5, 5.41) is 5.33. The van der Waals surface area contributed by atoms with Crippen LogP contribution in [-0.4, -0.2) is 9.52 Å². The molecule has 0 saturated heterocycles. The summed E-state index contributed by atoms with van der Waals surface area (Å²) in [6, 6.07) is 43.2. The minimum atomic E-state index is 0. The van der Waals surface area contributed by atoms with Crippen LogP contribution in [0.25, 0.3) is 43.8 Å². The minimum Gasteiger partial charge on any atom is -0.165 e. The zero-order valence-electron chi connectivity index (χ0n) is 21.5. The molecule has 0 N–H and O–H groups in total. The van der Waals surface area contributed by atoms with E-state index in [1.807, 2.05) is 0 Å². The van der Waals surface area contributed by atoms with Gasteiger partial charge < -0.3 is 0 Å². The Morgan fingerprint density at radius 1 is 0.472 bits per heavy atom. The fourth-order valence-corrected chi connectivity index (χ4v) is 4.35. The van der Waals surface area contributed by atoms with Crippen LogP contribution in [0.1, 0.15) is 11.1 Å². The molecular weight excluding hydrogens is 528 g/mol. The van der Waals surface area contributed by atoms with Crippen molar-refractivity contribution >= 4 is 31.1 Å². The molecule has 0 aliphatic carbocycles. The predicted molar refractivity (Wildman–Crippen MR) is 157 cm³/mol. The van der Waals surface area contributed by atoms with Crippen molar-refractivity contribution in [3.8, 4) is 22.3 Å². The van der Waals surface area contributed by atoms with Crippen molar-refractivity contribution < 1.29 is 26.2 Å². The zero-order valence-corrected chi connectivity index (χ0v) is 25.0.